The predicted octanol–water partition coefficient (Wildman–Crippen LogP) is 0.225. The topological polar surface area (TPSA) is 77.4 Å². The minimum absolute atomic E-state index is 0.00279. The summed E-state index contributed by atoms with van der Waals surface area (Å²) in [5.74, 6) is -0.609. The van der Waals surface area contributed by atoms with Gasteiger partial charge in [-0.3, -0.25) is 9.78 Å². The van der Waals surface area contributed by atoms with E-state index in [2.05, 4.69) is 15.3 Å². The molecule has 1 aromatic rings. The summed E-state index contributed by atoms with van der Waals surface area (Å²) in [7, 11) is 1.43. The van der Waals surface area contributed by atoms with Crippen molar-refractivity contribution in [3.63, 3.8) is 0 Å². The fraction of sp³-hybridized carbons (Fsp3) is 0.417. The summed E-state index contributed by atoms with van der Waals surface area (Å²) in [5.41, 5.74) is 0.481. The molecule has 0 radical (unpaired) electrons. The Morgan fingerprint density at radius 3 is 2.47 bits per heavy atom. The van der Waals surface area contributed by atoms with Gasteiger partial charge >= 0.3 is 0 Å². The molecule has 5 heteroatoms. The average Bonchev–Trinajstić information content (AvgIpc) is 2.35. The molecule has 0 aliphatic rings. The molecule has 0 aliphatic heterocycles. The third kappa shape index (κ3) is 3.55. The van der Waals surface area contributed by atoms with Gasteiger partial charge in [-0.15, -0.1) is 0 Å². The largest absolute Gasteiger partial charge is 0.861 e. The molecule has 92 valence electrons. The Morgan fingerprint density at radius 2 is 2.00 bits per heavy atom. The van der Waals surface area contributed by atoms with E-state index in [1.807, 2.05) is 13.8 Å². The van der Waals surface area contributed by atoms with Gasteiger partial charge in [-0.1, -0.05) is 13.8 Å². The van der Waals surface area contributed by atoms with Crippen LogP contribution in [0.4, 0.5) is 0 Å². The van der Waals surface area contributed by atoms with Gasteiger partial charge in [0.15, 0.2) is 0 Å². The van der Waals surface area contributed by atoms with Gasteiger partial charge in [-0.2, -0.15) is 0 Å². The summed E-state index contributed by atoms with van der Waals surface area (Å²) in [6.45, 7) is 3.72. The van der Waals surface area contributed by atoms with E-state index in [1.54, 1.807) is 12.1 Å². The van der Waals surface area contributed by atoms with Gasteiger partial charge in [0, 0.05) is 25.0 Å². The van der Waals surface area contributed by atoms with Crippen LogP contribution in [0.25, 0.3) is 0 Å². The zero-order valence-electron chi connectivity index (χ0n) is 10.2. The van der Waals surface area contributed by atoms with Crippen molar-refractivity contribution in [3.8, 4) is 0 Å². The van der Waals surface area contributed by atoms with E-state index in [0.717, 1.165) is 0 Å². The van der Waals surface area contributed by atoms with Gasteiger partial charge in [0.2, 0.25) is 0 Å². The fourth-order valence-electron chi connectivity index (χ4n) is 1.38. The van der Waals surface area contributed by atoms with E-state index in [9.17, 15) is 9.90 Å². The Balaban J connectivity index is 2.79. The number of aliphatic imine (C=N–C) groups is 1. The van der Waals surface area contributed by atoms with Crippen LogP contribution in [0.15, 0.2) is 29.5 Å². The molecule has 1 heterocycles. The molecule has 0 saturated heterocycles. The molecule has 0 aromatic carbocycles. The molecule has 1 atom stereocenters. The normalized spacial score (nSPS) is 13.5. The fourth-order valence-corrected chi connectivity index (χ4v) is 1.38. The number of hydrogen-bond donors (Lipinski definition) is 1. The van der Waals surface area contributed by atoms with Crippen molar-refractivity contribution in [1.29, 1.82) is 0 Å². The maximum atomic E-state index is 11.8. The van der Waals surface area contributed by atoms with Crippen LogP contribution in [-0.4, -0.2) is 29.9 Å². The van der Waals surface area contributed by atoms with E-state index in [4.69, 9.17) is 0 Å². The van der Waals surface area contributed by atoms with E-state index in [0.29, 0.717) is 5.56 Å². The Labute approximate surface area is 101 Å². The van der Waals surface area contributed by atoms with E-state index in [1.165, 1.54) is 19.4 Å². The van der Waals surface area contributed by atoms with Crippen LogP contribution in [-0.2, 0) is 0 Å². The summed E-state index contributed by atoms with van der Waals surface area (Å²) >= 11 is 0. The van der Waals surface area contributed by atoms with Crippen LogP contribution >= 0.6 is 0 Å². The highest BCUT2D eigenvalue weighted by Crippen LogP contribution is 2.04. The number of rotatable bonds is 4. The van der Waals surface area contributed by atoms with Crippen molar-refractivity contribution < 1.29 is 9.90 Å². The van der Waals surface area contributed by atoms with Gasteiger partial charge in [0.05, 0.1) is 6.04 Å². The first-order valence-corrected chi connectivity index (χ1v) is 5.40. The van der Waals surface area contributed by atoms with Crippen LogP contribution in [0.5, 0.6) is 0 Å². The summed E-state index contributed by atoms with van der Waals surface area (Å²) in [4.78, 5) is 19.3. The first-order valence-electron chi connectivity index (χ1n) is 5.40. The average molecular weight is 234 g/mol. The van der Waals surface area contributed by atoms with Crippen LogP contribution in [0, 0.1) is 5.92 Å². The molecule has 0 aliphatic carbocycles. The minimum atomic E-state index is -0.583. The highest BCUT2D eigenvalue weighted by molar-refractivity contribution is 5.96. The number of aromatic nitrogens is 1. The lowest BCUT2D eigenvalue weighted by atomic mass is 10.0. The number of hydrogen-bond acceptors (Lipinski definition) is 4. The molecule has 1 N–H and O–H groups in total. The summed E-state index contributed by atoms with van der Waals surface area (Å²) in [5, 5.41) is 14.2. The number of amides is 1. The lowest BCUT2D eigenvalue weighted by Gasteiger charge is -2.27. The lowest BCUT2D eigenvalue weighted by Crippen LogP contribution is -2.49. The zero-order valence-corrected chi connectivity index (χ0v) is 10.2. The molecule has 0 saturated carbocycles. The van der Waals surface area contributed by atoms with Gasteiger partial charge < -0.3 is 15.4 Å². The van der Waals surface area contributed by atoms with E-state index in [-0.39, 0.29) is 17.7 Å². The highest BCUT2D eigenvalue weighted by atomic mass is 16.3. The molecule has 0 spiro atoms. The van der Waals surface area contributed by atoms with E-state index >= 15 is 0 Å². The van der Waals surface area contributed by atoms with Crippen molar-refractivity contribution in [2.45, 2.75) is 19.9 Å². The Morgan fingerprint density at radius 1 is 1.41 bits per heavy atom. The third-order valence-corrected chi connectivity index (χ3v) is 2.38. The third-order valence-electron chi connectivity index (χ3n) is 2.38. The first kappa shape index (κ1) is 13.2. The SMILES string of the molecule is CN=C([O-])[C@@H](NC(=O)c1ccncc1)C(C)C. The molecule has 0 fully saturated rings. The molecule has 0 bridgehead atoms. The second kappa shape index (κ2) is 5.98. The monoisotopic (exact) mass is 234 g/mol. The maximum Gasteiger partial charge on any atom is 0.251 e. The van der Waals surface area contributed by atoms with Crippen LogP contribution in [0.1, 0.15) is 24.2 Å². The molecule has 5 nitrogen and oxygen atoms in total. The van der Waals surface area contributed by atoms with E-state index < -0.39 is 6.04 Å². The summed E-state index contributed by atoms with van der Waals surface area (Å²) < 4.78 is 0. The second-order valence-corrected chi connectivity index (χ2v) is 3.99. The summed E-state index contributed by atoms with van der Waals surface area (Å²) in [6.07, 6.45) is 3.07. The molecule has 1 aromatic heterocycles. The van der Waals surface area contributed by atoms with Crippen LogP contribution in [0.3, 0.4) is 0 Å². The minimum Gasteiger partial charge on any atom is -0.861 e. The quantitative estimate of drug-likeness (QED) is 0.598. The van der Waals surface area contributed by atoms with Crippen molar-refractivity contribution in [1.82, 2.24) is 10.3 Å². The van der Waals surface area contributed by atoms with Crippen molar-refractivity contribution in [3.05, 3.63) is 30.1 Å². The number of nitrogens with one attached hydrogen (secondary N) is 1. The number of carbonyl (C=O) groups excluding carboxylic acids is 1. The predicted molar refractivity (Wildman–Crippen MR) is 63.7 cm³/mol. The maximum absolute atomic E-state index is 11.8. The number of nitrogens with zero attached hydrogens (tertiary/aromatic N) is 2. The first-order chi connectivity index (χ1) is 8.06. The van der Waals surface area contributed by atoms with Crippen molar-refractivity contribution >= 4 is 11.8 Å². The van der Waals surface area contributed by atoms with Crippen molar-refractivity contribution in [2.75, 3.05) is 7.05 Å². The molecule has 1 rings (SSSR count). The molecule has 1 amide bonds. The van der Waals surface area contributed by atoms with Crippen LogP contribution < -0.4 is 10.4 Å². The summed E-state index contributed by atoms with van der Waals surface area (Å²) in [6, 6.07) is 2.61. The standard InChI is InChI=1S/C12H17N3O2/c1-8(2)10(12(17)13-3)15-11(16)9-4-6-14-7-5-9/h4-8,10H,1-3H3,(H,13,17)(H,15,16)/p-1/t10-/m0/s1. The molecule has 17 heavy (non-hydrogen) atoms. The highest BCUT2D eigenvalue weighted by Gasteiger charge is 2.16. The smallest absolute Gasteiger partial charge is 0.251 e. The molecule has 0 unspecified atom stereocenters. The zero-order chi connectivity index (χ0) is 12.8. The Kier molecular flexibility index (Phi) is 4.63. The van der Waals surface area contributed by atoms with Gasteiger partial charge in [0.25, 0.3) is 5.91 Å². The number of carbonyl (C=O) groups is 1. The Bertz CT molecular complexity index is 401. The Hall–Kier alpha value is -1.91. The van der Waals surface area contributed by atoms with Crippen LogP contribution in [0.2, 0.25) is 0 Å². The second-order valence-electron chi connectivity index (χ2n) is 3.99. The molecular weight excluding hydrogens is 218 g/mol. The lowest BCUT2D eigenvalue weighted by molar-refractivity contribution is -0.222. The number of pyridine rings is 1. The van der Waals surface area contributed by atoms with Crippen molar-refractivity contribution in [2.24, 2.45) is 10.9 Å². The van der Waals surface area contributed by atoms with Gasteiger partial charge in [-0.25, -0.2) is 0 Å². The van der Waals surface area contributed by atoms with Gasteiger partial charge in [-0.05, 0) is 23.9 Å². The molecular formula is C12H16N3O2-. The van der Waals surface area contributed by atoms with Gasteiger partial charge in [0.1, 0.15) is 0 Å².